The zero-order chi connectivity index (χ0) is 13.6. The summed E-state index contributed by atoms with van der Waals surface area (Å²) in [4.78, 5) is 11.8. The first-order valence-corrected chi connectivity index (χ1v) is 8.57. The van der Waals surface area contributed by atoms with Gasteiger partial charge in [0.2, 0.25) is 5.91 Å². The number of hydrogen-bond acceptors (Lipinski definition) is 4. The van der Waals surface area contributed by atoms with Gasteiger partial charge in [-0.3, -0.25) is 4.79 Å². The highest BCUT2D eigenvalue weighted by molar-refractivity contribution is 7.90. The third kappa shape index (κ3) is 5.35. The zero-order valence-corrected chi connectivity index (χ0v) is 11.9. The second-order valence-electron chi connectivity index (χ2n) is 5.42. The van der Waals surface area contributed by atoms with Crippen LogP contribution in [0, 0.1) is 5.41 Å². The van der Waals surface area contributed by atoms with Crippen molar-refractivity contribution in [3.63, 3.8) is 0 Å². The van der Waals surface area contributed by atoms with Gasteiger partial charge in [0.25, 0.3) is 0 Å². The fourth-order valence-electron chi connectivity index (χ4n) is 2.53. The summed E-state index contributed by atoms with van der Waals surface area (Å²) in [5, 5.41) is 2.67. The number of nitrogens with two attached hydrogens (primary N) is 1. The molecule has 1 saturated carbocycles. The Labute approximate surface area is 109 Å². The Morgan fingerprint density at radius 1 is 1.28 bits per heavy atom. The van der Waals surface area contributed by atoms with Crippen molar-refractivity contribution in [3.05, 3.63) is 0 Å². The lowest BCUT2D eigenvalue weighted by Gasteiger charge is -2.35. The summed E-state index contributed by atoms with van der Waals surface area (Å²) in [5.41, 5.74) is 5.75. The molecule has 0 atom stereocenters. The molecule has 5 nitrogen and oxygen atoms in total. The van der Waals surface area contributed by atoms with Crippen molar-refractivity contribution >= 4 is 15.7 Å². The van der Waals surface area contributed by atoms with E-state index in [0.29, 0.717) is 13.0 Å². The standard InChI is InChI=1S/C12H24N2O3S/c1-18(16,17)8-7-14-11(15)9-12(10-13)5-3-2-4-6-12/h2-10,13H2,1H3,(H,14,15). The Balaban J connectivity index is 2.38. The van der Waals surface area contributed by atoms with Gasteiger partial charge in [-0.15, -0.1) is 0 Å². The smallest absolute Gasteiger partial charge is 0.220 e. The van der Waals surface area contributed by atoms with Crippen LogP contribution in [-0.4, -0.2) is 39.4 Å². The van der Waals surface area contributed by atoms with Crippen molar-refractivity contribution in [1.82, 2.24) is 5.32 Å². The van der Waals surface area contributed by atoms with E-state index in [1.165, 1.54) is 12.7 Å². The average Bonchev–Trinajstić information content (AvgIpc) is 2.28. The molecule has 1 amide bonds. The van der Waals surface area contributed by atoms with Gasteiger partial charge in [-0.1, -0.05) is 19.3 Å². The third-order valence-corrected chi connectivity index (χ3v) is 4.62. The second-order valence-corrected chi connectivity index (χ2v) is 7.68. The molecule has 0 aliphatic heterocycles. The molecule has 106 valence electrons. The SMILES string of the molecule is CS(=O)(=O)CCNC(=O)CC1(CN)CCCCC1. The Morgan fingerprint density at radius 3 is 2.39 bits per heavy atom. The Bertz CT molecular complexity index is 373. The van der Waals surface area contributed by atoms with Gasteiger partial charge in [0.15, 0.2) is 0 Å². The van der Waals surface area contributed by atoms with Crippen LogP contribution < -0.4 is 11.1 Å². The van der Waals surface area contributed by atoms with Gasteiger partial charge in [-0.25, -0.2) is 8.42 Å². The van der Waals surface area contributed by atoms with Gasteiger partial charge in [-0.05, 0) is 24.8 Å². The monoisotopic (exact) mass is 276 g/mol. The second kappa shape index (κ2) is 6.52. The summed E-state index contributed by atoms with van der Waals surface area (Å²) in [7, 11) is -3.01. The van der Waals surface area contributed by atoms with Crippen molar-refractivity contribution in [1.29, 1.82) is 0 Å². The minimum atomic E-state index is -3.01. The van der Waals surface area contributed by atoms with E-state index in [1.54, 1.807) is 0 Å². The topological polar surface area (TPSA) is 89.3 Å². The molecule has 0 spiro atoms. The van der Waals surface area contributed by atoms with Crippen LogP contribution >= 0.6 is 0 Å². The molecule has 1 aliphatic carbocycles. The summed E-state index contributed by atoms with van der Waals surface area (Å²) in [6.07, 6.45) is 7.08. The van der Waals surface area contributed by atoms with Crippen molar-refractivity contribution in [2.75, 3.05) is 25.1 Å². The number of hydrogen-bond donors (Lipinski definition) is 2. The number of carbonyl (C=O) groups excluding carboxylic acids is 1. The molecular weight excluding hydrogens is 252 g/mol. The highest BCUT2D eigenvalue weighted by atomic mass is 32.2. The van der Waals surface area contributed by atoms with Gasteiger partial charge >= 0.3 is 0 Å². The number of rotatable bonds is 6. The molecule has 6 heteroatoms. The summed E-state index contributed by atoms with van der Waals surface area (Å²) >= 11 is 0. The summed E-state index contributed by atoms with van der Waals surface area (Å²) in [5.74, 6) is -0.0834. The van der Waals surface area contributed by atoms with Crippen LogP contribution in [0.1, 0.15) is 38.5 Å². The lowest BCUT2D eigenvalue weighted by atomic mass is 9.72. The van der Waals surface area contributed by atoms with Gasteiger partial charge in [0.1, 0.15) is 9.84 Å². The van der Waals surface area contributed by atoms with Crippen LogP contribution in [0.15, 0.2) is 0 Å². The third-order valence-electron chi connectivity index (χ3n) is 3.68. The number of nitrogens with one attached hydrogen (secondary N) is 1. The van der Waals surface area contributed by atoms with E-state index in [2.05, 4.69) is 5.32 Å². The van der Waals surface area contributed by atoms with Gasteiger partial charge in [0, 0.05) is 19.2 Å². The van der Waals surface area contributed by atoms with E-state index >= 15 is 0 Å². The maximum atomic E-state index is 11.8. The Kier molecular flexibility index (Phi) is 5.59. The molecule has 1 rings (SSSR count). The van der Waals surface area contributed by atoms with Crippen LogP contribution in [0.25, 0.3) is 0 Å². The van der Waals surface area contributed by atoms with E-state index < -0.39 is 9.84 Å². The van der Waals surface area contributed by atoms with E-state index in [1.807, 2.05) is 0 Å². The number of carbonyl (C=O) groups is 1. The normalized spacial score (nSPS) is 19.4. The van der Waals surface area contributed by atoms with Crippen molar-refractivity contribution in [2.45, 2.75) is 38.5 Å². The molecule has 0 aromatic rings. The predicted octanol–water partition coefficient (Wildman–Crippen LogP) is 0.447. The molecule has 0 aromatic heterocycles. The molecule has 0 unspecified atom stereocenters. The lowest BCUT2D eigenvalue weighted by molar-refractivity contribution is -0.123. The zero-order valence-electron chi connectivity index (χ0n) is 11.1. The first-order valence-electron chi connectivity index (χ1n) is 6.51. The molecule has 18 heavy (non-hydrogen) atoms. The van der Waals surface area contributed by atoms with E-state index in [4.69, 9.17) is 5.73 Å². The summed E-state index contributed by atoms with van der Waals surface area (Å²) in [6.45, 7) is 0.727. The lowest BCUT2D eigenvalue weighted by Crippen LogP contribution is -2.39. The fourth-order valence-corrected chi connectivity index (χ4v) is 3.01. The van der Waals surface area contributed by atoms with Crippen LogP contribution in [0.3, 0.4) is 0 Å². The van der Waals surface area contributed by atoms with Gasteiger partial charge < -0.3 is 11.1 Å². The van der Waals surface area contributed by atoms with Crippen LogP contribution in [0.4, 0.5) is 0 Å². The van der Waals surface area contributed by atoms with E-state index in [0.717, 1.165) is 25.7 Å². The Morgan fingerprint density at radius 2 is 1.89 bits per heavy atom. The van der Waals surface area contributed by atoms with E-state index in [9.17, 15) is 13.2 Å². The van der Waals surface area contributed by atoms with Crippen LogP contribution in [0.5, 0.6) is 0 Å². The van der Waals surface area contributed by atoms with Crippen molar-refractivity contribution in [3.8, 4) is 0 Å². The van der Waals surface area contributed by atoms with E-state index in [-0.39, 0.29) is 23.6 Å². The van der Waals surface area contributed by atoms with Crippen LogP contribution in [0.2, 0.25) is 0 Å². The minimum absolute atomic E-state index is 0.00559. The molecule has 0 saturated heterocycles. The molecule has 1 fully saturated rings. The molecule has 3 N–H and O–H groups in total. The summed E-state index contributed by atoms with van der Waals surface area (Å²) in [6, 6.07) is 0. The molecule has 0 radical (unpaired) electrons. The Hall–Kier alpha value is -0.620. The number of sulfone groups is 1. The maximum Gasteiger partial charge on any atom is 0.220 e. The van der Waals surface area contributed by atoms with Crippen LogP contribution in [-0.2, 0) is 14.6 Å². The summed E-state index contributed by atoms with van der Waals surface area (Å²) < 4.78 is 21.9. The first kappa shape index (κ1) is 15.4. The van der Waals surface area contributed by atoms with Crippen molar-refractivity contribution in [2.24, 2.45) is 11.1 Å². The molecular formula is C12H24N2O3S. The molecule has 1 aliphatic rings. The number of amides is 1. The molecule has 0 aromatic carbocycles. The quantitative estimate of drug-likeness (QED) is 0.737. The highest BCUT2D eigenvalue weighted by Crippen LogP contribution is 2.38. The predicted molar refractivity (Wildman–Crippen MR) is 71.9 cm³/mol. The average molecular weight is 276 g/mol. The van der Waals surface area contributed by atoms with Crippen molar-refractivity contribution < 1.29 is 13.2 Å². The fraction of sp³-hybridized carbons (Fsp3) is 0.917. The molecule has 0 heterocycles. The van der Waals surface area contributed by atoms with Gasteiger partial charge in [0.05, 0.1) is 5.75 Å². The maximum absolute atomic E-state index is 11.8. The minimum Gasteiger partial charge on any atom is -0.355 e. The van der Waals surface area contributed by atoms with Gasteiger partial charge in [-0.2, -0.15) is 0 Å². The highest BCUT2D eigenvalue weighted by Gasteiger charge is 2.32. The molecule has 0 bridgehead atoms. The largest absolute Gasteiger partial charge is 0.355 e. The first-order chi connectivity index (χ1) is 8.37.